The third-order valence-electron chi connectivity index (χ3n) is 5.22. The van der Waals surface area contributed by atoms with Crippen LogP contribution in [0.1, 0.15) is 34.8 Å². The molecule has 0 saturated heterocycles. The van der Waals surface area contributed by atoms with Crippen molar-refractivity contribution in [3.8, 4) is 17.3 Å². The molecule has 3 heterocycles. The summed E-state index contributed by atoms with van der Waals surface area (Å²) in [6.07, 6.45) is 5.20. The van der Waals surface area contributed by atoms with Crippen molar-refractivity contribution in [3.05, 3.63) is 77.0 Å². The van der Waals surface area contributed by atoms with Gasteiger partial charge in [-0.25, -0.2) is 9.67 Å². The molecule has 0 atom stereocenters. The van der Waals surface area contributed by atoms with Gasteiger partial charge in [0.05, 0.1) is 24.0 Å². The summed E-state index contributed by atoms with van der Waals surface area (Å²) < 4.78 is 7.49. The van der Waals surface area contributed by atoms with Gasteiger partial charge in [0, 0.05) is 22.8 Å². The van der Waals surface area contributed by atoms with E-state index in [1.165, 1.54) is 0 Å². The molecule has 1 aliphatic carbocycles. The Morgan fingerprint density at radius 1 is 1.19 bits per heavy atom. The van der Waals surface area contributed by atoms with Crippen molar-refractivity contribution in [3.63, 3.8) is 0 Å². The van der Waals surface area contributed by atoms with E-state index < -0.39 is 0 Å². The summed E-state index contributed by atoms with van der Waals surface area (Å²) in [4.78, 5) is 19.5. The number of hydrogen-bond donors (Lipinski definition) is 0. The number of aromatic nitrogens is 5. The zero-order valence-corrected chi connectivity index (χ0v) is 17.5. The van der Waals surface area contributed by atoms with Gasteiger partial charge in [0.1, 0.15) is 0 Å². The van der Waals surface area contributed by atoms with E-state index in [0.717, 1.165) is 24.1 Å². The molecule has 0 bridgehead atoms. The lowest BCUT2D eigenvalue weighted by molar-refractivity contribution is 0.0713. The van der Waals surface area contributed by atoms with E-state index in [2.05, 4.69) is 20.3 Å². The number of benzene rings is 1. The average Bonchev–Trinajstić information content (AvgIpc) is 3.40. The largest absolute Gasteiger partial charge is 0.419 e. The number of nitrogens with zero attached hydrogens (tertiary/aromatic N) is 6. The van der Waals surface area contributed by atoms with Crippen LogP contribution in [0.3, 0.4) is 0 Å². The topological polar surface area (TPSA) is 89.9 Å². The van der Waals surface area contributed by atoms with Gasteiger partial charge in [-0.1, -0.05) is 17.7 Å². The molecule has 1 amide bonds. The quantitative estimate of drug-likeness (QED) is 0.454. The average molecular weight is 435 g/mol. The molecule has 4 aromatic rings. The van der Waals surface area contributed by atoms with E-state index in [0.29, 0.717) is 28.2 Å². The molecule has 0 N–H and O–H groups in total. The fourth-order valence-electron chi connectivity index (χ4n) is 3.41. The first-order valence-electron chi connectivity index (χ1n) is 9.95. The third-order valence-corrected chi connectivity index (χ3v) is 5.47. The molecule has 3 aromatic heterocycles. The van der Waals surface area contributed by atoms with Crippen LogP contribution in [-0.2, 0) is 6.54 Å². The number of rotatable bonds is 6. The Kier molecular flexibility index (Phi) is 4.99. The molecule has 156 valence electrons. The van der Waals surface area contributed by atoms with Gasteiger partial charge < -0.3 is 9.32 Å². The second-order valence-corrected chi connectivity index (χ2v) is 7.85. The molecule has 5 rings (SSSR count). The normalized spacial score (nSPS) is 13.4. The summed E-state index contributed by atoms with van der Waals surface area (Å²) in [6.45, 7) is 2.11. The minimum atomic E-state index is -0.103. The van der Waals surface area contributed by atoms with Gasteiger partial charge in [-0.2, -0.15) is 5.10 Å². The summed E-state index contributed by atoms with van der Waals surface area (Å²) in [5.41, 5.74) is 2.05. The lowest BCUT2D eigenvalue weighted by atomic mass is 10.2. The summed E-state index contributed by atoms with van der Waals surface area (Å²) in [5.74, 6) is 1.35. The number of carbonyl (C=O) groups is 1. The molecule has 1 aromatic carbocycles. The number of halogens is 1. The molecule has 0 unspecified atom stereocenters. The highest BCUT2D eigenvalue weighted by molar-refractivity contribution is 6.30. The van der Waals surface area contributed by atoms with E-state index in [1.807, 2.05) is 37.3 Å². The Bertz CT molecular complexity index is 1210. The fourth-order valence-corrected chi connectivity index (χ4v) is 3.54. The highest BCUT2D eigenvalue weighted by Gasteiger charge is 2.35. The lowest BCUT2D eigenvalue weighted by Gasteiger charge is -2.20. The monoisotopic (exact) mass is 434 g/mol. The predicted molar refractivity (Wildman–Crippen MR) is 114 cm³/mol. The van der Waals surface area contributed by atoms with Crippen molar-refractivity contribution in [1.29, 1.82) is 0 Å². The highest BCUT2D eigenvalue weighted by atomic mass is 35.5. The first-order chi connectivity index (χ1) is 15.1. The molecule has 8 nitrogen and oxygen atoms in total. The highest BCUT2D eigenvalue weighted by Crippen LogP contribution is 2.31. The van der Waals surface area contributed by atoms with Gasteiger partial charge in [-0.15, -0.1) is 10.2 Å². The second kappa shape index (κ2) is 7.96. The van der Waals surface area contributed by atoms with E-state index in [9.17, 15) is 4.79 Å². The van der Waals surface area contributed by atoms with Gasteiger partial charge >= 0.3 is 0 Å². The van der Waals surface area contributed by atoms with Crippen molar-refractivity contribution in [2.75, 3.05) is 0 Å². The maximum atomic E-state index is 13.4. The fraction of sp³-hybridized carbons (Fsp3) is 0.227. The van der Waals surface area contributed by atoms with Crippen molar-refractivity contribution < 1.29 is 9.21 Å². The second-order valence-electron chi connectivity index (χ2n) is 7.42. The van der Waals surface area contributed by atoms with Crippen molar-refractivity contribution in [1.82, 2.24) is 29.9 Å². The number of amides is 1. The van der Waals surface area contributed by atoms with Crippen LogP contribution in [-0.4, -0.2) is 41.8 Å². The van der Waals surface area contributed by atoms with Crippen molar-refractivity contribution in [2.24, 2.45) is 0 Å². The predicted octanol–water partition coefficient (Wildman–Crippen LogP) is 4.08. The first kappa shape index (κ1) is 19.4. The van der Waals surface area contributed by atoms with Gasteiger partial charge in [0.15, 0.2) is 5.82 Å². The maximum Gasteiger partial charge on any atom is 0.258 e. The first-order valence-corrected chi connectivity index (χ1v) is 10.3. The van der Waals surface area contributed by atoms with Gasteiger partial charge in [-0.05, 0) is 56.2 Å². The Hall–Kier alpha value is -3.52. The smallest absolute Gasteiger partial charge is 0.258 e. The van der Waals surface area contributed by atoms with E-state index >= 15 is 0 Å². The minimum absolute atomic E-state index is 0.103. The molecule has 1 saturated carbocycles. The molecule has 0 radical (unpaired) electrons. The van der Waals surface area contributed by atoms with Crippen LogP contribution in [0, 0.1) is 6.92 Å². The van der Waals surface area contributed by atoms with Gasteiger partial charge in [0.2, 0.25) is 11.8 Å². The molecule has 1 aliphatic rings. The molecule has 9 heteroatoms. The molecule has 0 spiro atoms. The summed E-state index contributed by atoms with van der Waals surface area (Å²) in [6, 6.07) is 12.9. The number of pyridine rings is 1. The molecule has 0 aliphatic heterocycles. The van der Waals surface area contributed by atoms with Crippen molar-refractivity contribution >= 4 is 17.5 Å². The van der Waals surface area contributed by atoms with Crippen LogP contribution in [0.2, 0.25) is 5.02 Å². The Morgan fingerprint density at radius 2 is 2.00 bits per heavy atom. The molecular weight excluding hydrogens is 416 g/mol. The summed E-state index contributed by atoms with van der Waals surface area (Å²) in [7, 11) is 0. The van der Waals surface area contributed by atoms with E-state index in [1.54, 1.807) is 34.1 Å². The third kappa shape index (κ3) is 3.94. The zero-order chi connectivity index (χ0) is 21.4. The maximum absolute atomic E-state index is 13.4. The van der Waals surface area contributed by atoms with Crippen molar-refractivity contribution in [2.45, 2.75) is 32.4 Å². The Balaban J connectivity index is 1.38. The SMILES string of the molecule is Cc1c(C(=O)N(Cc2nnc(-c3ccc(Cl)cc3)o2)C2CC2)cnn1-c1ccccn1. The number of hydrogen-bond acceptors (Lipinski definition) is 6. The van der Waals surface area contributed by atoms with Crippen LogP contribution < -0.4 is 0 Å². The Labute approximate surface area is 183 Å². The van der Waals surface area contributed by atoms with Gasteiger partial charge in [0.25, 0.3) is 5.91 Å². The standard InChI is InChI=1S/C22H19ClN6O2/c1-14-18(12-25-29(14)19-4-2-3-11-24-19)22(30)28(17-9-10-17)13-20-26-27-21(31-20)15-5-7-16(23)8-6-15/h2-8,11-12,17H,9-10,13H2,1H3. The summed E-state index contributed by atoms with van der Waals surface area (Å²) in [5, 5.41) is 13.3. The van der Waals surface area contributed by atoms with Crippen LogP contribution >= 0.6 is 11.6 Å². The molecule has 1 fully saturated rings. The van der Waals surface area contributed by atoms with E-state index in [4.69, 9.17) is 16.0 Å². The zero-order valence-electron chi connectivity index (χ0n) is 16.8. The molecular formula is C22H19ClN6O2. The van der Waals surface area contributed by atoms with Crippen LogP contribution in [0.5, 0.6) is 0 Å². The minimum Gasteiger partial charge on any atom is -0.419 e. The van der Waals surface area contributed by atoms with Crippen LogP contribution in [0.15, 0.2) is 59.3 Å². The Morgan fingerprint density at radius 3 is 2.71 bits per heavy atom. The number of carbonyl (C=O) groups excluding carboxylic acids is 1. The summed E-state index contributed by atoms with van der Waals surface area (Å²) >= 11 is 5.94. The van der Waals surface area contributed by atoms with Crippen LogP contribution in [0.4, 0.5) is 0 Å². The van der Waals surface area contributed by atoms with Gasteiger partial charge in [-0.3, -0.25) is 4.79 Å². The van der Waals surface area contributed by atoms with E-state index in [-0.39, 0.29) is 18.5 Å². The lowest BCUT2D eigenvalue weighted by Crippen LogP contribution is -2.33. The van der Waals surface area contributed by atoms with Crippen LogP contribution in [0.25, 0.3) is 17.3 Å². The molecule has 31 heavy (non-hydrogen) atoms.